The molecule has 0 unspecified atom stereocenters. The van der Waals surface area contributed by atoms with E-state index in [-0.39, 0.29) is 18.5 Å². The van der Waals surface area contributed by atoms with Crippen LogP contribution in [0.4, 0.5) is 4.79 Å². The summed E-state index contributed by atoms with van der Waals surface area (Å²) in [6, 6.07) is 3.62. The predicted molar refractivity (Wildman–Crippen MR) is 111 cm³/mol. The molecule has 0 bridgehead atoms. The molecule has 0 aromatic heterocycles. The van der Waals surface area contributed by atoms with Crippen LogP contribution in [0.3, 0.4) is 0 Å². The Morgan fingerprint density at radius 3 is 2.53 bits per heavy atom. The third-order valence-corrected chi connectivity index (χ3v) is 5.16. The van der Waals surface area contributed by atoms with Crippen LogP contribution in [0.1, 0.15) is 56.0 Å². The summed E-state index contributed by atoms with van der Waals surface area (Å²) in [5.41, 5.74) is -0.335. The fourth-order valence-corrected chi connectivity index (χ4v) is 3.53. The van der Waals surface area contributed by atoms with Gasteiger partial charge in [0.2, 0.25) is 0 Å². The molecule has 1 aromatic carbocycles. The molecule has 1 saturated heterocycles. The summed E-state index contributed by atoms with van der Waals surface area (Å²) in [6.07, 6.45) is 1.09. The molecule has 2 heterocycles. The van der Waals surface area contributed by atoms with Gasteiger partial charge in [-0.1, -0.05) is 0 Å². The van der Waals surface area contributed by atoms with Crippen LogP contribution in [0.25, 0.3) is 0 Å². The molecule has 2 N–H and O–H groups in total. The predicted octanol–water partition coefficient (Wildman–Crippen LogP) is 2.65. The zero-order chi connectivity index (χ0) is 21.9. The van der Waals surface area contributed by atoms with Gasteiger partial charge in [-0.2, -0.15) is 0 Å². The number of nitrogens with one attached hydrogen (secondary N) is 1. The van der Waals surface area contributed by atoms with Gasteiger partial charge in [-0.3, -0.25) is 4.79 Å². The molecule has 1 fully saturated rings. The third kappa shape index (κ3) is 5.56. The maximum atomic E-state index is 12.9. The number of carbonyl (C=O) groups is 2. The molecule has 30 heavy (non-hydrogen) atoms. The van der Waals surface area contributed by atoms with Crippen LogP contribution in [0.2, 0.25) is 0 Å². The molecule has 8 heteroatoms. The number of amides is 2. The van der Waals surface area contributed by atoms with E-state index in [2.05, 4.69) is 5.32 Å². The molecule has 2 aliphatic rings. The number of ether oxygens (including phenoxy) is 3. The molecule has 0 atom stereocenters. The Bertz CT molecular complexity index is 794. The summed E-state index contributed by atoms with van der Waals surface area (Å²) in [4.78, 5) is 26.6. The van der Waals surface area contributed by atoms with Gasteiger partial charge in [0, 0.05) is 26.1 Å². The number of benzene rings is 1. The fraction of sp³-hybridized carbons (Fsp3) is 0.636. The first kappa shape index (κ1) is 22.2. The van der Waals surface area contributed by atoms with E-state index in [9.17, 15) is 14.7 Å². The van der Waals surface area contributed by atoms with E-state index in [1.165, 1.54) is 0 Å². The van der Waals surface area contributed by atoms with E-state index < -0.39 is 11.2 Å². The highest BCUT2D eigenvalue weighted by molar-refractivity contribution is 5.98. The van der Waals surface area contributed by atoms with Crippen molar-refractivity contribution in [2.24, 2.45) is 0 Å². The summed E-state index contributed by atoms with van der Waals surface area (Å²) < 4.78 is 16.8. The zero-order valence-corrected chi connectivity index (χ0v) is 18.2. The topological polar surface area (TPSA) is 97.3 Å². The number of hydrogen-bond donors (Lipinski definition) is 2. The molecule has 3 rings (SSSR count). The number of hydrogen-bond acceptors (Lipinski definition) is 6. The molecule has 8 nitrogen and oxygen atoms in total. The SMILES string of the molecule is Cc1cc2c(c(C(=O)NCC3(O)CCN(C(=O)OC(C)(C)C)CC3)c1)OCCCO2. The highest BCUT2D eigenvalue weighted by atomic mass is 16.6. The molecule has 0 saturated carbocycles. The highest BCUT2D eigenvalue weighted by Gasteiger charge is 2.36. The number of nitrogens with zero attached hydrogens (tertiary/aromatic N) is 1. The number of likely N-dealkylation sites (tertiary alicyclic amines) is 1. The zero-order valence-electron chi connectivity index (χ0n) is 18.2. The van der Waals surface area contributed by atoms with Crippen molar-refractivity contribution >= 4 is 12.0 Å². The molecule has 1 aromatic rings. The molecular weight excluding hydrogens is 388 g/mol. The van der Waals surface area contributed by atoms with Crippen LogP contribution in [0, 0.1) is 6.92 Å². The average Bonchev–Trinajstić information content (AvgIpc) is 2.90. The summed E-state index contributed by atoms with van der Waals surface area (Å²) in [5.74, 6) is 0.702. The maximum Gasteiger partial charge on any atom is 0.410 e. The molecule has 2 aliphatic heterocycles. The Balaban J connectivity index is 1.59. The van der Waals surface area contributed by atoms with E-state index in [1.807, 2.05) is 33.8 Å². The Kier molecular flexibility index (Phi) is 6.45. The summed E-state index contributed by atoms with van der Waals surface area (Å²) in [6.45, 7) is 9.23. The largest absolute Gasteiger partial charge is 0.490 e. The smallest absolute Gasteiger partial charge is 0.410 e. The van der Waals surface area contributed by atoms with Crippen molar-refractivity contribution in [3.63, 3.8) is 0 Å². The van der Waals surface area contributed by atoms with Crippen LogP contribution in [-0.2, 0) is 4.74 Å². The Morgan fingerprint density at radius 2 is 1.87 bits per heavy atom. The van der Waals surface area contributed by atoms with Gasteiger partial charge in [0.05, 0.1) is 24.4 Å². The van der Waals surface area contributed by atoms with E-state index in [4.69, 9.17) is 14.2 Å². The van der Waals surface area contributed by atoms with E-state index >= 15 is 0 Å². The van der Waals surface area contributed by atoms with Crippen LogP contribution < -0.4 is 14.8 Å². The lowest BCUT2D eigenvalue weighted by atomic mass is 9.91. The number of piperidine rings is 1. The molecule has 0 aliphatic carbocycles. The quantitative estimate of drug-likeness (QED) is 0.780. The Morgan fingerprint density at radius 1 is 1.20 bits per heavy atom. The van der Waals surface area contributed by atoms with Crippen LogP contribution in [0.15, 0.2) is 12.1 Å². The maximum absolute atomic E-state index is 12.9. The van der Waals surface area contributed by atoms with Gasteiger partial charge in [-0.25, -0.2) is 4.79 Å². The number of fused-ring (bicyclic) bond motifs is 1. The molecule has 0 radical (unpaired) electrons. The van der Waals surface area contributed by atoms with Crippen molar-refractivity contribution in [2.45, 2.75) is 58.2 Å². The molecular formula is C22H32N2O6. The van der Waals surface area contributed by atoms with Crippen molar-refractivity contribution in [1.82, 2.24) is 10.2 Å². The monoisotopic (exact) mass is 420 g/mol. The first-order chi connectivity index (χ1) is 14.1. The van der Waals surface area contributed by atoms with Crippen molar-refractivity contribution in [2.75, 3.05) is 32.8 Å². The minimum atomic E-state index is -1.08. The second-order valence-corrected chi connectivity index (χ2v) is 9.06. The van der Waals surface area contributed by atoms with Gasteiger partial charge < -0.3 is 29.5 Å². The third-order valence-electron chi connectivity index (χ3n) is 5.16. The van der Waals surface area contributed by atoms with Gasteiger partial charge in [-0.15, -0.1) is 0 Å². The minimum absolute atomic E-state index is 0.0948. The number of aryl methyl sites for hydroxylation is 1. The van der Waals surface area contributed by atoms with Crippen LogP contribution in [-0.4, -0.2) is 66.1 Å². The van der Waals surface area contributed by atoms with Crippen LogP contribution >= 0.6 is 0 Å². The second-order valence-electron chi connectivity index (χ2n) is 9.06. The number of rotatable bonds is 3. The van der Waals surface area contributed by atoms with Crippen molar-refractivity contribution in [3.05, 3.63) is 23.3 Å². The van der Waals surface area contributed by atoms with Crippen molar-refractivity contribution < 1.29 is 28.9 Å². The standard InChI is InChI=1S/C22H32N2O6/c1-15-12-16(18-17(13-15)28-10-5-11-29-18)19(25)23-14-22(27)6-8-24(9-7-22)20(26)30-21(2,3)4/h12-13,27H,5-11,14H2,1-4H3,(H,23,25). The van der Waals surface area contributed by atoms with Crippen LogP contribution in [0.5, 0.6) is 11.5 Å². The van der Waals surface area contributed by atoms with E-state index in [1.54, 1.807) is 11.0 Å². The minimum Gasteiger partial charge on any atom is -0.490 e. The lowest BCUT2D eigenvalue weighted by Crippen LogP contribution is -2.52. The van der Waals surface area contributed by atoms with Gasteiger partial charge in [0.25, 0.3) is 5.91 Å². The first-order valence-corrected chi connectivity index (χ1v) is 10.5. The van der Waals surface area contributed by atoms with Gasteiger partial charge in [0.1, 0.15) is 5.60 Å². The summed E-state index contributed by atoms with van der Waals surface area (Å²) in [7, 11) is 0. The highest BCUT2D eigenvalue weighted by Crippen LogP contribution is 2.35. The lowest BCUT2D eigenvalue weighted by molar-refractivity contribution is -0.0303. The van der Waals surface area contributed by atoms with Crippen molar-refractivity contribution in [1.29, 1.82) is 0 Å². The lowest BCUT2D eigenvalue weighted by Gasteiger charge is -2.38. The fourth-order valence-electron chi connectivity index (χ4n) is 3.53. The second kappa shape index (κ2) is 8.71. The molecule has 2 amide bonds. The molecule has 0 spiro atoms. The molecule has 166 valence electrons. The Labute approximate surface area is 177 Å². The number of carbonyl (C=O) groups excluding carboxylic acids is 2. The summed E-state index contributed by atoms with van der Waals surface area (Å²) >= 11 is 0. The van der Waals surface area contributed by atoms with Crippen molar-refractivity contribution in [3.8, 4) is 11.5 Å². The van der Waals surface area contributed by atoms with Gasteiger partial charge >= 0.3 is 6.09 Å². The Hall–Kier alpha value is -2.48. The average molecular weight is 421 g/mol. The normalized spacial score (nSPS) is 18.4. The van der Waals surface area contributed by atoms with Gasteiger partial charge in [0.15, 0.2) is 11.5 Å². The first-order valence-electron chi connectivity index (χ1n) is 10.5. The van der Waals surface area contributed by atoms with E-state index in [0.29, 0.717) is 56.2 Å². The summed E-state index contributed by atoms with van der Waals surface area (Å²) in [5, 5.41) is 13.7. The number of aliphatic hydroxyl groups is 1. The van der Waals surface area contributed by atoms with E-state index in [0.717, 1.165) is 12.0 Å². The van der Waals surface area contributed by atoms with Gasteiger partial charge in [-0.05, 0) is 58.2 Å².